The van der Waals surface area contributed by atoms with Crippen LogP contribution in [0, 0.1) is 13.8 Å². The molecule has 0 atom stereocenters. The highest BCUT2D eigenvalue weighted by molar-refractivity contribution is 5.94. The summed E-state index contributed by atoms with van der Waals surface area (Å²) >= 11 is 0. The third-order valence-corrected chi connectivity index (χ3v) is 3.81. The van der Waals surface area contributed by atoms with Crippen molar-refractivity contribution < 1.29 is 4.79 Å². The largest absolute Gasteiger partial charge is 0.340 e. The first-order valence-electron chi connectivity index (χ1n) is 8.07. The van der Waals surface area contributed by atoms with Crippen molar-refractivity contribution in [3.8, 4) is 0 Å². The van der Waals surface area contributed by atoms with E-state index in [2.05, 4.69) is 20.6 Å². The zero-order valence-electron chi connectivity index (χ0n) is 14.5. The summed E-state index contributed by atoms with van der Waals surface area (Å²) in [5, 5.41) is 6.51. The van der Waals surface area contributed by atoms with Crippen molar-refractivity contribution in [1.29, 1.82) is 0 Å². The van der Waals surface area contributed by atoms with Crippen molar-refractivity contribution in [3.63, 3.8) is 0 Å². The number of Topliss-reactive ketones (excluding diaryl/α,β-unsaturated/α-hetero) is 1. The third kappa shape index (κ3) is 4.20. The van der Waals surface area contributed by atoms with E-state index in [4.69, 9.17) is 0 Å². The quantitative estimate of drug-likeness (QED) is 0.658. The number of nitrogens with zero attached hydrogens (tertiary/aromatic N) is 2. The number of anilines is 4. The number of aryl methyl sites for hydroxylation is 2. The second-order valence-corrected chi connectivity index (χ2v) is 5.92. The van der Waals surface area contributed by atoms with E-state index in [1.54, 1.807) is 19.1 Å². The Hall–Kier alpha value is -3.21. The summed E-state index contributed by atoms with van der Waals surface area (Å²) in [4.78, 5) is 20.3. The number of ketones is 1. The number of aromatic nitrogens is 2. The minimum absolute atomic E-state index is 0.0445. The Balaban J connectivity index is 1.81. The monoisotopic (exact) mass is 332 g/mol. The molecular weight excluding hydrogens is 312 g/mol. The van der Waals surface area contributed by atoms with Gasteiger partial charge in [-0.2, -0.15) is 4.98 Å². The van der Waals surface area contributed by atoms with Gasteiger partial charge in [-0.3, -0.25) is 4.79 Å². The highest BCUT2D eigenvalue weighted by atomic mass is 16.1. The number of carbonyl (C=O) groups excluding carboxylic acids is 1. The van der Waals surface area contributed by atoms with E-state index in [1.165, 1.54) is 0 Å². The first kappa shape index (κ1) is 16.6. The van der Waals surface area contributed by atoms with Gasteiger partial charge in [0.15, 0.2) is 5.78 Å². The fraction of sp³-hybridized carbons (Fsp3) is 0.150. The molecule has 0 fully saturated rings. The summed E-state index contributed by atoms with van der Waals surface area (Å²) in [6.07, 6.45) is 0. The zero-order valence-corrected chi connectivity index (χ0v) is 14.5. The maximum absolute atomic E-state index is 11.4. The molecular formula is C20H20N4O. The second-order valence-electron chi connectivity index (χ2n) is 5.92. The topological polar surface area (TPSA) is 66.9 Å². The Morgan fingerprint density at radius 1 is 0.920 bits per heavy atom. The molecule has 2 N–H and O–H groups in total. The lowest BCUT2D eigenvalue weighted by Gasteiger charge is -2.11. The van der Waals surface area contributed by atoms with Gasteiger partial charge in [-0.05, 0) is 56.7 Å². The highest BCUT2D eigenvalue weighted by Gasteiger charge is 2.05. The predicted octanol–water partition coefficient (Wildman–Crippen LogP) is 4.78. The van der Waals surface area contributed by atoms with Crippen LogP contribution in [0.25, 0.3) is 0 Å². The van der Waals surface area contributed by atoms with Crippen LogP contribution >= 0.6 is 0 Å². The lowest BCUT2D eigenvalue weighted by atomic mass is 10.1. The lowest BCUT2D eigenvalue weighted by Crippen LogP contribution is -2.03. The molecule has 1 heterocycles. The minimum atomic E-state index is 0.0445. The van der Waals surface area contributed by atoms with Crippen LogP contribution in [-0.2, 0) is 0 Å². The van der Waals surface area contributed by atoms with Gasteiger partial charge in [-0.15, -0.1) is 0 Å². The van der Waals surface area contributed by atoms with Gasteiger partial charge in [0.05, 0.1) is 0 Å². The molecule has 0 saturated heterocycles. The Morgan fingerprint density at radius 2 is 1.64 bits per heavy atom. The number of para-hydroxylation sites is 1. The SMILES string of the molecule is CC(=O)c1ccc(Nc2nc(C)cc(Nc3ccccc3C)n2)cc1. The summed E-state index contributed by atoms with van der Waals surface area (Å²) in [5.41, 5.74) is 4.52. The number of carbonyl (C=O) groups is 1. The Labute approximate surface area is 147 Å². The van der Waals surface area contributed by atoms with Crippen LogP contribution in [0.2, 0.25) is 0 Å². The molecule has 5 heteroatoms. The van der Waals surface area contributed by atoms with Gasteiger partial charge in [0.1, 0.15) is 5.82 Å². The van der Waals surface area contributed by atoms with Gasteiger partial charge < -0.3 is 10.6 Å². The van der Waals surface area contributed by atoms with Crippen LogP contribution in [0.4, 0.5) is 23.1 Å². The maximum Gasteiger partial charge on any atom is 0.229 e. The Bertz CT molecular complexity index is 904. The van der Waals surface area contributed by atoms with Crippen molar-refractivity contribution in [1.82, 2.24) is 9.97 Å². The van der Waals surface area contributed by atoms with Crippen LogP contribution in [-0.4, -0.2) is 15.8 Å². The van der Waals surface area contributed by atoms with E-state index in [9.17, 15) is 4.79 Å². The van der Waals surface area contributed by atoms with E-state index < -0.39 is 0 Å². The summed E-state index contributed by atoms with van der Waals surface area (Å²) in [6.45, 7) is 5.52. The average Bonchev–Trinajstić information content (AvgIpc) is 2.57. The summed E-state index contributed by atoms with van der Waals surface area (Å²) in [5.74, 6) is 1.28. The van der Waals surface area contributed by atoms with E-state index in [0.29, 0.717) is 11.5 Å². The van der Waals surface area contributed by atoms with Crippen LogP contribution in [0.5, 0.6) is 0 Å². The number of hydrogen-bond donors (Lipinski definition) is 2. The zero-order chi connectivity index (χ0) is 17.8. The van der Waals surface area contributed by atoms with Crippen LogP contribution in [0.3, 0.4) is 0 Å². The Morgan fingerprint density at radius 3 is 2.32 bits per heavy atom. The van der Waals surface area contributed by atoms with E-state index >= 15 is 0 Å². The van der Waals surface area contributed by atoms with Crippen molar-refractivity contribution in [3.05, 3.63) is 71.4 Å². The maximum atomic E-state index is 11.4. The fourth-order valence-electron chi connectivity index (χ4n) is 2.46. The first-order chi connectivity index (χ1) is 12.0. The second kappa shape index (κ2) is 7.13. The molecule has 5 nitrogen and oxygen atoms in total. The molecule has 25 heavy (non-hydrogen) atoms. The van der Waals surface area contributed by atoms with Gasteiger partial charge in [0.25, 0.3) is 0 Å². The lowest BCUT2D eigenvalue weighted by molar-refractivity contribution is 0.101. The van der Waals surface area contributed by atoms with Gasteiger partial charge in [-0.1, -0.05) is 18.2 Å². The number of rotatable bonds is 5. The average molecular weight is 332 g/mol. The summed E-state index contributed by atoms with van der Waals surface area (Å²) < 4.78 is 0. The molecule has 3 rings (SSSR count). The number of nitrogens with one attached hydrogen (secondary N) is 2. The van der Waals surface area contributed by atoms with E-state index in [0.717, 1.165) is 28.5 Å². The summed E-state index contributed by atoms with van der Waals surface area (Å²) in [7, 11) is 0. The molecule has 0 bridgehead atoms. The standard InChI is InChI=1S/C20H20N4O/c1-13-6-4-5-7-18(13)23-19-12-14(2)21-20(24-19)22-17-10-8-16(9-11-17)15(3)25/h4-12H,1-3H3,(H2,21,22,23,24). The number of benzene rings is 2. The molecule has 126 valence electrons. The molecule has 0 unspecified atom stereocenters. The van der Waals surface area contributed by atoms with Gasteiger partial charge in [0, 0.05) is 28.7 Å². The van der Waals surface area contributed by atoms with Crippen LogP contribution in [0.15, 0.2) is 54.6 Å². The van der Waals surface area contributed by atoms with Crippen molar-refractivity contribution in [2.45, 2.75) is 20.8 Å². The van der Waals surface area contributed by atoms with Crippen molar-refractivity contribution in [2.75, 3.05) is 10.6 Å². The fourth-order valence-corrected chi connectivity index (χ4v) is 2.46. The summed E-state index contributed by atoms with van der Waals surface area (Å²) in [6, 6.07) is 17.2. The molecule has 1 aromatic heterocycles. The van der Waals surface area contributed by atoms with Crippen LogP contribution < -0.4 is 10.6 Å². The predicted molar refractivity (Wildman–Crippen MR) is 101 cm³/mol. The molecule has 3 aromatic rings. The molecule has 0 saturated carbocycles. The molecule has 0 spiro atoms. The molecule has 0 aliphatic rings. The van der Waals surface area contributed by atoms with Gasteiger partial charge in [-0.25, -0.2) is 4.98 Å². The van der Waals surface area contributed by atoms with E-state index in [1.807, 2.05) is 56.3 Å². The van der Waals surface area contributed by atoms with Crippen molar-refractivity contribution >= 4 is 28.9 Å². The Kier molecular flexibility index (Phi) is 4.75. The molecule has 0 amide bonds. The van der Waals surface area contributed by atoms with E-state index in [-0.39, 0.29) is 5.78 Å². The van der Waals surface area contributed by atoms with Crippen LogP contribution in [0.1, 0.15) is 28.5 Å². The molecule has 0 aliphatic carbocycles. The smallest absolute Gasteiger partial charge is 0.229 e. The number of hydrogen-bond acceptors (Lipinski definition) is 5. The first-order valence-corrected chi connectivity index (χ1v) is 8.07. The molecule has 2 aromatic carbocycles. The normalized spacial score (nSPS) is 10.4. The molecule has 0 radical (unpaired) electrons. The van der Waals surface area contributed by atoms with Crippen molar-refractivity contribution in [2.24, 2.45) is 0 Å². The highest BCUT2D eigenvalue weighted by Crippen LogP contribution is 2.21. The van der Waals surface area contributed by atoms with Gasteiger partial charge in [0.2, 0.25) is 5.95 Å². The minimum Gasteiger partial charge on any atom is -0.340 e. The third-order valence-electron chi connectivity index (χ3n) is 3.81. The molecule has 0 aliphatic heterocycles. The van der Waals surface area contributed by atoms with Gasteiger partial charge >= 0.3 is 0 Å².